The van der Waals surface area contributed by atoms with E-state index in [1.165, 1.54) is 24.0 Å². The Bertz CT molecular complexity index is 593. The van der Waals surface area contributed by atoms with Gasteiger partial charge in [0.15, 0.2) is 0 Å². The molecular weight excluding hydrogens is 252 g/mol. The normalized spacial score (nSPS) is 17.8. The molecule has 1 heterocycles. The Kier molecular flexibility index (Phi) is 3.69. The van der Waals surface area contributed by atoms with Crippen molar-refractivity contribution in [3.05, 3.63) is 41.2 Å². The molecule has 0 saturated carbocycles. The average Bonchev–Trinajstić information content (AvgIpc) is 2.89. The lowest BCUT2D eigenvalue weighted by atomic mass is 9.87. The highest BCUT2D eigenvalue weighted by molar-refractivity contribution is 5.39. The van der Waals surface area contributed by atoms with Crippen LogP contribution in [0.25, 0.3) is 0 Å². The van der Waals surface area contributed by atoms with E-state index in [9.17, 15) is 0 Å². The van der Waals surface area contributed by atoms with E-state index in [1.54, 1.807) is 4.68 Å². The molecule has 1 unspecified atom stereocenters. The van der Waals surface area contributed by atoms with Crippen LogP contribution in [0, 0.1) is 0 Å². The molecule has 0 amide bonds. The fourth-order valence-electron chi connectivity index (χ4n) is 2.80. The SMILES string of the molecule is CNC1CCCc2cc(OCc3cn(C)nn3)ccc21. The molecule has 5 nitrogen and oxygen atoms in total. The molecule has 0 saturated heterocycles. The molecule has 1 aromatic carbocycles. The van der Waals surface area contributed by atoms with Crippen molar-refractivity contribution < 1.29 is 4.74 Å². The molecular formula is C15H20N4O. The maximum absolute atomic E-state index is 5.80. The summed E-state index contributed by atoms with van der Waals surface area (Å²) in [6, 6.07) is 6.87. The Labute approximate surface area is 118 Å². The third-order valence-corrected chi connectivity index (χ3v) is 3.81. The first-order chi connectivity index (χ1) is 9.76. The number of aryl methyl sites for hydroxylation is 2. The van der Waals surface area contributed by atoms with Gasteiger partial charge in [0.2, 0.25) is 0 Å². The van der Waals surface area contributed by atoms with Gasteiger partial charge in [-0.1, -0.05) is 11.3 Å². The Hall–Kier alpha value is -1.88. The number of fused-ring (bicyclic) bond motifs is 1. The van der Waals surface area contributed by atoms with Crippen LogP contribution in [-0.2, 0) is 20.1 Å². The number of hydrogen-bond donors (Lipinski definition) is 1. The molecule has 0 radical (unpaired) electrons. The molecule has 2 aromatic rings. The topological polar surface area (TPSA) is 52.0 Å². The van der Waals surface area contributed by atoms with Crippen LogP contribution in [-0.4, -0.2) is 22.0 Å². The third-order valence-electron chi connectivity index (χ3n) is 3.81. The number of hydrogen-bond acceptors (Lipinski definition) is 4. The molecule has 20 heavy (non-hydrogen) atoms. The highest BCUT2D eigenvalue weighted by atomic mass is 16.5. The highest BCUT2D eigenvalue weighted by Gasteiger charge is 2.18. The second kappa shape index (κ2) is 5.63. The lowest BCUT2D eigenvalue weighted by molar-refractivity contribution is 0.300. The van der Waals surface area contributed by atoms with Crippen molar-refractivity contribution in [2.75, 3.05) is 7.05 Å². The van der Waals surface area contributed by atoms with Crippen LogP contribution < -0.4 is 10.1 Å². The number of benzene rings is 1. The Balaban J connectivity index is 1.72. The smallest absolute Gasteiger partial charge is 0.134 e. The summed E-state index contributed by atoms with van der Waals surface area (Å²) < 4.78 is 7.49. The number of aromatic nitrogens is 3. The molecule has 0 fully saturated rings. The van der Waals surface area contributed by atoms with Gasteiger partial charge < -0.3 is 10.1 Å². The van der Waals surface area contributed by atoms with Gasteiger partial charge in [0, 0.05) is 13.1 Å². The van der Waals surface area contributed by atoms with Crippen molar-refractivity contribution >= 4 is 0 Å². The molecule has 1 atom stereocenters. The van der Waals surface area contributed by atoms with Crippen LogP contribution in [0.15, 0.2) is 24.4 Å². The summed E-state index contributed by atoms with van der Waals surface area (Å²) in [5.74, 6) is 0.908. The molecule has 1 aromatic heterocycles. The second-order valence-corrected chi connectivity index (χ2v) is 5.27. The van der Waals surface area contributed by atoms with E-state index in [0.29, 0.717) is 12.6 Å². The number of nitrogens with zero attached hydrogens (tertiary/aromatic N) is 3. The highest BCUT2D eigenvalue weighted by Crippen LogP contribution is 2.32. The van der Waals surface area contributed by atoms with Crippen LogP contribution in [0.4, 0.5) is 0 Å². The summed E-state index contributed by atoms with van der Waals surface area (Å²) in [6.07, 6.45) is 5.45. The van der Waals surface area contributed by atoms with Crippen molar-refractivity contribution in [1.82, 2.24) is 20.3 Å². The summed E-state index contributed by atoms with van der Waals surface area (Å²) in [7, 11) is 3.88. The van der Waals surface area contributed by atoms with Crippen LogP contribution >= 0.6 is 0 Å². The molecule has 3 rings (SSSR count). The lowest BCUT2D eigenvalue weighted by Crippen LogP contribution is -2.21. The number of nitrogens with one attached hydrogen (secondary N) is 1. The molecule has 0 bridgehead atoms. The minimum atomic E-state index is 0.460. The van der Waals surface area contributed by atoms with Gasteiger partial charge in [-0.05, 0) is 49.6 Å². The molecule has 1 aliphatic carbocycles. The van der Waals surface area contributed by atoms with Crippen molar-refractivity contribution in [3.8, 4) is 5.75 Å². The first-order valence-corrected chi connectivity index (χ1v) is 7.04. The monoisotopic (exact) mass is 272 g/mol. The minimum absolute atomic E-state index is 0.460. The van der Waals surface area contributed by atoms with Gasteiger partial charge in [-0.3, -0.25) is 4.68 Å². The Morgan fingerprint density at radius 2 is 2.35 bits per heavy atom. The lowest BCUT2D eigenvalue weighted by Gasteiger charge is -2.25. The summed E-state index contributed by atoms with van der Waals surface area (Å²) in [4.78, 5) is 0. The third kappa shape index (κ3) is 2.67. The molecule has 106 valence electrons. The van der Waals surface area contributed by atoms with E-state index >= 15 is 0 Å². The van der Waals surface area contributed by atoms with Crippen LogP contribution in [0.5, 0.6) is 5.75 Å². The Morgan fingerprint density at radius 1 is 1.45 bits per heavy atom. The van der Waals surface area contributed by atoms with E-state index in [1.807, 2.05) is 26.4 Å². The number of ether oxygens (including phenoxy) is 1. The van der Waals surface area contributed by atoms with E-state index in [-0.39, 0.29) is 0 Å². The minimum Gasteiger partial charge on any atom is -0.487 e. The first-order valence-electron chi connectivity index (χ1n) is 7.04. The quantitative estimate of drug-likeness (QED) is 0.925. The average molecular weight is 272 g/mol. The predicted octanol–water partition coefficient (Wildman–Crippen LogP) is 1.99. The van der Waals surface area contributed by atoms with Crippen molar-refractivity contribution in [3.63, 3.8) is 0 Å². The fraction of sp³-hybridized carbons (Fsp3) is 0.467. The largest absolute Gasteiger partial charge is 0.487 e. The zero-order valence-corrected chi connectivity index (χ0v) is 12.0. The van der Waals surface area contributed by atoms with E-state index in [0.717, 1.165) is 17.9 Å². The van der Waals surface area contributed by atoms with Gasteiger partial charge >= 0.3 is 0 Å². The predicted molar refractivity (Wildman–Crippen MR) is 76.5 cm³/mol. The van der Waals surface area contributed by atoms with E-state index < -0.39 is 0 Å². The van der Waals surface area contributed by atoms with Crippen molar-refractivity contribution in [2.45, 2.75) is 31.9 Å². The second-order valence-electron chi connectivity index (χ2n) is 5.27. The molecule has 1 N–H and O–H groups in total. The summed E-state index contributed by atoms with van der Waals surface area (Å²) in [5.41, 5.74) is 3.65. The maximum Gasteiger partial charge on any atom is 0.134 e. The van der Waals surface area contributed by atoms with Crippen LogP contribution in [0.3, 0.4) is 0 Å². The van der Waals surface area contributed by atoms with Gasteiger partial charge in [-0.15, -0.1) is 5.10 Å². The maximum atomic E-state index is 5.80. The van der Waals surface area contributed by atoms with Crippen LogP contribution in [0.2, 0.25) is 0 Å². The summed E-state index contributed by atoms with van der Waals surface area (Å²) in [5, 5.41) is 11.3. The molecule has 0 aliphatic heterocycles. The summed E-state index contributed by atoms with van der Waals surface area (Å²) in [6.45, 7) is 0.460. The Morgan fingerprint density at radius 3 is 3.10 bits per heavy atom. The van der Waals surface area contributed by atoms with Gasteiger partial charge in [-0.25, -0.2) is 0 Å². The van der Waals surface area contributed by atoms with Gasteiger partial charge in [0.25, 0.3) is 0 Å². The van der Waals surface area contributed by atoms with Gasteiger partial charge in [-0.2, -0.15) is 0 Å². The van der Waals surface area contributed by atoms with Crippen LogP contribution in [0.1, 0.15) is 35.7 Å². The van der Waals surface area contributed by atoms with Crippen molar-refractivity contribution in [2.24, 2.45) is 7.05 Å². The fourth-order valence-corrected chi connectivity index (χ4v) is 2.80. The zero-order valence-electron chi connectivity index (χ0n) is 12.0. The number of rotatable bonds is 4. The van der Waals surface area contributed by atoms with E-state index in [2.05, 4.69) is 27.8 Å². The van der Waals surface area contributed by atoms with Gasteiger partial charge in [0.05, 0.1) is 6.20 Å². The van der Waals surface area contributed by atoms with E-state index in [4.69, 9.17) is 4.74 Å². The molecule has 0 spiro atoms. The van der Waals surface area contributed by atoms with Crippen molar-refractivity contribution in [1.29, 1.82) is 0 Å². The molecule has 5 heteroatoms. The summed E-state index contributed by atoms with van der Waals surface area (Å²) >= 11 is 0. The van der Waals surface area contributed by atoms with Gasteiger partial charge in [0.1, 0.15) is 18.1 Å². The first kappa shape index (κ1) is 13.1. The standard InChI is InChI=1S/C15H20N4O/c1-16-15-5-3-4-11-8-13(6-7-14(11)15)20-10-12-9-19(2)18-17-12/h6-9,15-16H,3-5,10H2,1-2H3. The zero-order chi connectivity index (χ0) is 13.9. The molecule has 1 aliphatic rings.